The molecule has 1 aliphatic heterocycles. The first kappa shape index (κ1) is 18.2. The fourth-order valence-electron chi connectivity index (χ4n) is 3.37. The Bertz CT molecular complexity index is 722. The second-order valence-electron chi connectivity index (χ2n) is 6.51. The van der Waals surface area contributed by atoms with Crippen molar-refractivity contribution < 1.29 is 14.4 Å². The second-order valence-corrected chi connectivity index (χ2v) is 6.51. The van der Waals surface area contributed by atoms with Crippen LogP contribution in [0.4, 0.5) is 11.4 Å². The van der Waals surface area contributed by atoms with Gasteiger partial charge in [-0.05, 0) is 49.6 Å². The van der Waals surface area contributed by atoms with Crippen molar-refractivity contribution in [1.82, 2.24) is 0 Å². The van der Waals surface area contributed by atoms with Crippen molar-refractivity contribution >= 4 is 11.4 Å². The molecule has 6 heteroatoms. The SMILES string of the molecule is CCOc1ccc(C2(CNc3ccc([N+](=O)[O-])cc3)CCOCC2)cc1. The maximum Gasteiger partial charge on any atom is 0.269 e. The first-order chi connectivity index (χ1) is 12.6. The van der Waals surface area contributed by atoms with Crippen LogP contribution in [0.3, 0.4) is 0 Å². The highest BCUT2D eigenvalue weighted by atomic mass is 16.6. The van der Waals surface area contributed by atoms with E-state index < -0.39 is 0 Å². The van der Waals surface area contributed by atoms with Gasteiger partial charge < -0.3 is 14.8 Å². The normalized spacial score (nSPS) is 16.0. The molecular formula is C20H24N2O4. The van der Waals surface area contributed by atoms with Crippen LogP contribution in [0.1, 0.15) is 25.3 Å². The number of ether oxygens (including phenoxy) is 2. The fourth-order valence-corrected chi connectivity index (χ4v) is 3.37. The summed E-state index contributed by atoms with van der Waals surface area (Å²) in [5, 5.41) is 14.2. The van der Waals surface area contributed by atoms with Gasteiger partial charge >= 0.3 is 0 Å². The summed E-state index contributed by atoms with van der Waals surface area (Å²) in [4.78, 5) is 10.4. The molecule has 26 heavy (non-hydrogen) atoms. The maximum atomic E-state index is 10.8. The Hall–Kier alpha value is -2.60. The smallest absolute Gasteiger partial charge is 0.269 e. The molecule has 2 aromatic rings. The highest BCUT2D eigenvalue weighted by Gasteiger charge is 2.34. The highest BCUT2D eigenvalue weighted by Crippen LogP contribution is 2.36. The molecule has 6 nitrogen and oxygen atoms in total. The predicted molar refractivity (Wildman–Crippen MR) is 101 cm³/mol. The van der Waals surface area contributed by atoms with Gasteiger partial charge in [0.25, 0.3) is 5.69 Å². The van der Waals surface area contributed by atoms with E-state index in [1.54, 1.807) is 12.1 Å². The van der Waals surface area contributed by atoms with Crippen LogP contribution in [0.25, 0.3) is 0 Å². The largest absolute Gasteiger partial charge is 0.494 e. The van der Waals surface area contributed by atoms with Gasteiger partial charge in [-0.15, -0.1) is 0 Å². The summed E-state index contributed by atoms with van der Waals surface area (Å²) in [7, 11) is 0. The van der Waals surface area contributed by atoms with Crippen LogP contribution in [0.15, 0.2) is 48.5 Å². The molecule has 0 unspecified atom stereocenters. The minimum absolute atomic E-state index is 0.0230. The molecule has 1 N–H and O–H groups in total. The molecule has 138 valence electrons. The Morgan fingerprint density at radius 3 is 2.35 bits per heavy atom. The van der Waals surface area contributed by atoms with E-state index in [9.17, 15) is 10.1 Å². The summed E-state index contributed by atoms with van der Waals surface area (Å²) < 4.78 is 11.1. The van der Waals surface area contributed by atoms with E-state index in [-0.39, 0.29) is 16.0 Å². The van der Waals surface area contributed by atoms with E-state index in [0.717, 1.165) is 44.0 Å². The zero-order chi connectivity index (χ0) is 18.4. The number of hydrogen-bond donors (Lipinski definition) is 1. The molecule has 0 aromatic heterocycles. The Morgan fingerprint density at radius 1 is 1.12 bits per heavy atom. The number of nitrogens with one attached hydrogen (secondary N) is 1. The van der Waals surface area contributed by atoms with Gasteiger partial charge in [-0.25, -0.2) is 0 Å². The summed E-state index contributed by atoms with van der Waals surface area (Å²) in [6.07, 6.45) is 1.86. The van der Waals surface area contributed by atoms with Crippen LogP contribution >= 0.6 is 0 Å². The quantitative estimate of drug-likeness (QED) is 0.596. The third-order valence-corrected chi connectivity index (χ3v) is 4.94. The topological polar surface area (TPSA) is 73.6 Å². The molecule has 1 aliphatic rings. The first-order valence-electron chi connectivity index (χ1n) is 8.92. The van der Waals surface area contributed by atoms with Crippen molar-refractivity contribution in [2.45, 2.75) is 25.2 Å². The summed E-state index contributed by atoms with van der Waals surface area (Å²) in [6, 6.07) is 14.9. The Morgan fingerprint density at radius 2 is 1.77 bits per heavy atom. The second kappa shape index (κ2) is 8.19. The molecule has 0 amide bonds. The van der Waals surface area contributed by atoms with Crippen LogP contribution < -0.4 is 10.1 Å². The van der Waals surface area contributed by atoms with E-state index in [4.69, 9.17) is 9.47 Å². The van der Waals surface area contributed by atoms with Gasteiger partial charge in [0.15, 0.2) is 0 Å². The Labute approximate surface area is 153 Å². The standard InChI is InChI=1S/C20H24N2O4/c1-2-26-19-9-3-16(4-10-19)20(11-13-25-14-12-20)15-21-17-5-7-18(8-6-17)22(23)24/h3-10,21H,2,11-15H2,1H3. The van der Waals surface area contributed by atoms with Crippen molar-refractivity contribution in [3.8, 4) is 5.75 Å². The van der Waals surface area contributed by atoms with Crippen molar-refractivity contribution in [3.05, 3.63) is 64.2 Å². The van der Waals surface area contributed by atoms with E-state index in [1.165, 1.54) is 17.7 Å². The van der Waals surface area contributed by atoms with Crippen LogP contribution in [0.2, 0.25) is 0 Å². The van der Waals surface area contributed by atoms with Gasteiger partial charge in [0, 0.05) is 43.0 Å². The molecule has 0 spiro atoms. The van der Waals surface area contributed by atoms with E-state index >= 15 is 0 Å². The maximum absolute atomic E-state index is 10.8. The average molecular weight is 356 g/mol. The van der Waals surface area contributed by atoms with Crippen LogP contribution in [-0.4, -0.2) is 31.3 Å². The number of nitro groups is 1. The molecule has 0 aliphatic carbocycles. The van der Waals surface area contributed by atoms with Crippen molar-refractivity contribution in [2.24, 2.45) is 0 Å². The summed E-state index contributed by atoms with van der Waals surface area (Å²) in [6.45, 7) is 4.84. The third kappa shape index (κ3) is 4.14. The number of anilines is 1. The molecule has 0 atom stereocenters. The van der Waals surface area contributed by atoms with Gasteiger partial charge in [0.1, 0.15) is 5.75 Å². The summed E-state index contributed by atoms with van der Waals surface area (Å²) in [5.74, 6) is 0.877. The molecular weight excluding hydrogens is 332 g/mol. The zero-order valence-electron chi connectivity index (χ0n) is 14.9. The molecule has 1 saturated heterocycles. The molecule has 0 radical (unpaired) electrons. The Balaban J connectivity index is 1.75. The number of hydrogen-bond acceptors (Lipinski definition) is 5. The minimum atomic E-state index is -0.385. The van der Waals surface area contributed by atoms with Crippen LogP contribution in [-0.2, 0) is 10.2 Å². The van der Waals surface area contributed by atoms with E-state index in [2.05, 4.69) is 17.4 Å². The van der Waals surface area contributed by atoms with E-state index in [1.807, 2.05) is 19.1 Å². The fraction of sp³-hybridized carbons (Fsp3) is 0.400. The van der Waals surface area contributed by atoms with Gasteiger partial charge in [0.05, 0.1) is 11.5 Å². The van der Waals surface area contributed by atoms with Crippen LogP contribution in [0, 0.1) is 10.1 Å². The minimum Gasteiger partial charge on any atom is -0.494 e. The van der Waals surface area contributed by atoms with Gasteiger partial charge in [-0.3, -0.25) is 10.1 Å². The lowest BCUT2D eigenvalue weighted by atomic mass is 9.74. The number of nitrogens with zero attached hydrogens (tertiary/aromatic N) is 1. The highest BCUT2D eigenvalue weighted by molar-refractivity contribution is 5.49. The van der Waals surface area contributed by atoms with Crippen molar-refractivity contribution in [3.63, 3.8) is 0 Å². The molecule has 3 rings (SSSR count). The average Bonchev–Trinajstić information content (AvgIpc) is 2.68. The van der Waals surface area contributed by atoms with Gasteiger partial charge in [0.2, 0.25) is 0 Å². The summed E-state index contributed by atoms with van der Waals surface area (Å²) >= 11 is 0. The first-order valence-corrected chi connectivity index (χ1v) is 8.92. The molecule has 0 bridgehead atoms. The predicted octanol–water partition coefficient (Wildman–Crippen LogP) is 4.15. The Kier molecular flexibility index (Phi) is 5.73. The van der Waals surface area contributed by atoms with Crippen molar-refractivity contribution in [2.75, 3.05) is 31.7 Å². The monoisotopic (exact) mass is 356 g/mol. The van der Waals surface area contributed by atoms with Crippen LogP contribution in [0.5, 0.6) is 5.75 Å². The van der Waals surface area contributed by atoms with Gasteiger partial charge in [-0.1, -0.05) is 12.1 Å². The number of rotatable bonds is 7. The lowest BCUT2D eigenvalue weighted by Crippen LogP contribution is -2.40. The molecule has 1 fully saturated rings. The molecule has 1 heterocycles. The van der Waals surface area contributed by atoms with Crippen molar-refractivity contribution in [1.29, 1.82) is 0 Å². The van der Waals surface area contributed by atoms with E-state index in [0.29, 0.717) is 6.61 Å². The van der Waals surface area contributed by atoms with Gasteiger partial charge in [-0.2, -0.15) is 0 Å². The number of benzene rings is 2. The third-order valence-electron chi connectivity index (χ3n) is 4.94. The summed E-state index contributed by atoms with van der Waals surface area (Å²) in [5.41, 5.74) is 2.22. The zero-order valence-corrected chi connectivity index (χ0v) is 14.9. The molecule has 0 saturated carbocycles. The molecule has 2 aromatic carbocycles. The lowest BCUT2D eigenvalue weighted by molar-refractivity contribution is -0.384. The lowest BCUT2D eigenvalue weighted by Gasteiger charge is -2.38. The number of nitro benzene ring substituents is 1. The number of non-ortho nitro benzene ring substituents is 1.